The minimum Gasteiger partial charge on any atom is -0.348 e. The van der Waals surface area contributed by atoms with Crippen LogP contribution in [0, 0.1) is 12.8 Å². The minimum absolute atomic E-state index is 0.0120. The molecule has 0 aliphatic heterocycles. The molecule has 7 heteroatoms. The second kappa shape index (κ2) is 9.07. The highest BCUT2D eigenvalue weighted by molar-refractivity contribution is 6.06. The largest absolute Gasteiger partial charge is 0.348 e. The summed E-state index contributed by atoms with van der Waals surface area (Å²) in [6.07, 6.45) is 0.780. The van der Waals surface area contributed by atoms with Gasteiger partial charge in [-0.05, 0) is 43.0 Å². The average molecular weight is 409 g/mol. The summed E-state index contributed by atoms with van der Waals surface area (Å²) in [6.45, 7) is 10.0. The van der Waals surface area contributed by atoms with Crippen molar-refractivity contribution in [2.45, 2.75) is 53.5 Å². The van der Waals surface area contributed by atoms with Gasteiger partial charge in [0.2, 0.25) is 5.91 Å². The number of amides is 2. The van der Waals surface area contributed by atoms with Crippen LogP contribution in [0.5, 0.6) is 0 Å². The summed E-state index contributed by atoms with van der Waals surface area (Å²) >= 11 is 0. The fourth-order valence-electron chi connectivity index (χ4n) is 3.08. The van der Waals surface area contributed by atoms with Crippen LogP contribution in [0.2, 0.25) is 0 Å². The molecule has 0 aliphatic carbocycles. The van der Waals surface area contributed by atoms with Gasteiger partial charge in [0.25, 0.3) is 11.6 Å². The van der Waals surface area contributed by atoms with Crippen LogP contribution in [0.25, 0.3) is 11.1 Å². The molecule has 0 aliphatic rings. The van der Waals surface area contributed by atoms with E-state index in [1.807, 2.05) is 52.0 Å². The molecule has 0 radical (unpaired) electrons. The number of anilines is 1. The van der Waals surface area contributed by atoms with Gasteiger partial charge >= 0.3 is 0 Å². The molecule has 0 spiro atoms. The van der Waals surface area contributed by atoms with Crippen molar-refractivity contribution in [3.8, 4) is 0 Å². The third-order valence-corrected chi connectivity index (χ3v) is 5.18. The summed E-state index contributed by atoms with van der Waals surface area (Å²) in [5.74, 6) is -0.131. The Morgan fingerprint density at radius 2 is 1.93 bits per heavy atom. The first kappa shape index (κ1) is 21.5. The first-order valence-corrected chi connectivity index (χ1v) is 10.2. The Labute approximate surface area is 176 Å². The smallest absolute Gasteiger partial charge is 0.259 e. The molecule has 1 aromatic carbocycles. The van der Waals surface area contributed by atoms with Gasteiger partial charge in [-0.2, -0.15) is 0 Å². The van der Waals surface area contributed by atoms with Crippen molar-refractivity contribution >= 4 is 28.6 Å². The quantitative estimate of drug-likeness (QED) is 0.597. The normalized spacial score (nSPS) is 12.2. The van der Waals surface area contributed by atoms with E-state index in [0.29, 0.717) is 28.9 Å². The molecule has 2 heterocycles. The lowest BCUT2D eigenvalue weighted by Gasteiger charge is -2.12. The predicted molar refractivity (Wildman–Crippen MR) is 116 cm³/mol. The Hall–Kier alpha value is -3.22. The van der Waals surface area contributed by atoms with E-state index < -0.39 is 0 Å². The molecule has 158 valence electrons. The molecule has 1 unspecified atom stereocenters. The molecule has 30 heavy (non-hydrogen) atoms. The number of nitrogens with one attached hydrogen (secondary N) is 2. The van der Waals surface area contributed by atoms with Gasteiger partial charge in [-0.25, -0.2) is 4.98 Å². The van der Waals surface area contributed by atoms with Gasteiger partial charge < -0.3 is 15.2 Å². The maximum atomic E-state index is 13.0. The summed E-state index contributed by atoms with van der Waals surface area (Å²) < 4.78 is 5.29. The van der Waals surface area contributed by atoms with Crippen molar-refractivity contribution in [1.82, 2.24) is 15.5 Å². The number of hydrogen-bond donors (Lipinski definition) is 2. The van der Waals surface area contributed by atoms with Gasteiger partial charge in [0.05, 0.1) is 16.6 Å². The van der Waals surface area contributed by atoms with Gasteiger partial charge in [-0.1, -0.05) is 45.0 Å². The second-order valence-electron chi connectivity index (χ2n) is 7.88. The standard InChI is InChI=1S/C23H28N4O3/c1-6-14(4)21(28)25-17-9-7-8-16(10-17)12-24-22(29)18-11-19(13(2)3)26-23-20(18)15(5)27-30-23/h7-11,13-14H,6,12H2,1-5H3,(H,24,29)(H,25,28). The summed E-state index contributed by atoms with van der Waals surface area (Å²) in [6, 6.07) is 9.28. The minimum atomic E-state index is -0.218. The SMILES string of the molecule is CCC(C)C(=O)Nc1cccc(CNC(=O)c2cc(C(C)C)nc3onc(C)c23)c1. The van der Waals surface area contributed by atoms with Crippen LogP contribution in [0.3, 0.4) is 0 Å². The molecular formula is C23H28N4O3. The molecular weight excluding hydrogens is 380 g/mol. The second-order valence-corrected chi connectivity index (χ2v) is 7.88. The van der Waals surface area contributed by atoms with Crippen LogP contribution in [0.4, 0.5) is 5.69 Å². The van der Waals surface area contributed by atoms with Gasteiger partial charge in [-0.3, -0.25) is 9.59 Å². The zero-order valence-electron chi connectivity index (χ0n) is 18.1. The van der Waals surface area contributed by atoms with E-state index in [1.165, 1.54) is 0 Å². The number of aromatic nitrogens is 2. The number of benzene rings is 1. The number of fused-ring (bicyclic) bond motifs is 1. The van der Waals surface area contributed by atoms with E-state index in [9.17, 15) is 9.59 Å². The van der Waals surface area contributed by atoms with Gasteiger partial charge in [0, 0.05) is 23.8 Å². The highest BCUT2D eigenvalue weighted by Gasteiger charge is 2.19. The summed E-state index contributed by atoms with van der Waals surface area (Å²) in [5.41, 5.74) is 3.89. The van der Waals surface area contributed by atoms with Crippen LogP contribution < -0.4 is 10.6 Å². The molecule has 3 aromatic rings. The van der Waals surface area contributed by atoms with Crippen molar-refractivity contribution in [1.29, 1.82) is 0 Å². The fourth-order valence-corrected chi connectivity index (χ4v) is 3.08. The molecule has 0 fully saturated rings. The molecule has 0 saturated heterocycles. The van der Waals surface area contributed by atoms with E-state index >= 15 is 0 Å². The van der Waals surface area contributed by atoms with E-state index in [4.69, 9.17) is 4.52 Å². The Morgan fingerprint density at radius 3 is 2.63 bits per heavy atom. The van der Waals surface area contributed by atoms with E-state index in [-0.39, 0.29) is 23.7 Å². The topological polar surface area (TPSA) is 97.1 Å². The maximum Gasteiger partial charge on any atom is 0.259 e. The molecule has 0 bridgehead atoms. The molecule has 2 amide bonds. The first-order valence-electron chi connectivity index (χ1n) is 10.2. The average Bonchev–Trinajstić information content (AvgIpc) is 3.11. The zero-order chi connectivity index (χ0) is 21.8. The molecule has 3 rings (SSSR count). The Balaban J connectivity index is 1.77. The first-order chi connectivity index (χ1) is 14.3. The van der Waals surface area contributed by atoms with Gasteiger partial charge in [-0.15, -0.1) is 0 Å². The summed E-state index contributed by atoms with van der Waals surface area (Å²) in [7, 11) is 0. The Morgan fingerprint density at radius 1 is 1.17 bits per heavy atom. The van der Waals surface area contributed by atoms with E-state index in [2.05, 4.69) is 20.8 Å². The van der Waals surface area contributed by atoms with Crippen molar-refractivity contribution in [3.63, 3.8) is 0 Å². The number of hydrogen-bond acceptors (Lipinski definition) is 5. The number of pyridine rings is 1. The van der Waals surface area contributed by atoms with E-state index in [1.54, 1.807) is 13.0 Å². The van der Waals surface area contributed by atoms with Crippen molar-refractivity contribution in [3.05, 3.63) is 52.8 Å². The Kier molecular flexibility index (Phi) is 6.50. The third-order valence-electron chi connectivity index (χ3n) is 5.18. The molecule has 2 N–H and O–H groups in total. The van der Waals surface area contributed by atoms with Gasteiger partial charge in [0.15, 0.2) is 0 Å². The Bertz CT molecular complexity index is 1070. The number of aryl methyl sites for hydroxylation is 1. The lowest BCUT2D eigenvalue weighted by Crippen LogP contribution is -2.24. The van der Waals surface area contributed by atoms with Crippen molar-refractivity contribution in [2.75, 3.05) is 5.32 Å². The number of carbonyl (C=O) groups is 2. The summed E-state index contributed by atoms with van der Waals surface area (Å²) in [5, 5.41) is 10.5. The third kappa shape index (κ3) is 4.67. The fraction of sp³-hybridized carbons (Fsp3) is 0.391. The van der Waals surface area contributed by atoms with Crippen molar-refractivity contribution in [2.24, 2.45) is 5.92 Å². The van der Waals surface area contributed by atoms with Crippen LogP contribution in [-0.4, -0.2) is 22.0 Å². The van der Waals surface area contributed by atoms with Crippen molar-refractivity contribution < 1.29 is 14.1 Å². The number of rotatable bonds is 7. The van der Waals surface area contributed by atoms with Gasteiger partial charge in [0.1, 0.15) is 0 Å². The zero-order valence-corrected chi connectivity index (χ0v) is 18.1. The van der Waals surface area contributed by atoms with Crippen LogP contribution in [0.1, 0.15) is 67.3 Å². The lowest BCUT2D eigenvalue weighted by atomic mass is 10.0. The summed E-state index contributed by atoms with van der Waals surface area (Å²) in [4.78, 5) is 29.6. The van der Waals surface area contributed by atoms with Crippen LogP contribution >= 0.6 is 0 Å². The molecule has 0 saturated carbocycles. The number of nitrogens with zero attached hydrogens (tertiary/aromatic N) is 2. The lowest BCUT2D eigenvalue weighted by molar-refractivity contribution is -0.119. The highest BCUT2D eigenvalue weighted by Crippen LogP contribution is 2.25. The molecule has 2 aromatic heterocycles. The maximum absolute atomic E-state index is 13.0. The van der Waals surface area contributed by atoms with Crippen LogP contribution in [-0.2, 0) is 11.3 Å². The molecule has 7 nitrogen and oxygen atoms in total. The molecule has 1 atom stereocenters. The highest BCUT2D eigenvalue weighted by atomic mass is 16.5. The van der Waals surface area contributed by atoms with Crippen LogP contribution in [0.15, 0.2) is 34.9 Å². The monoisotopic (exact) mass is 408 g/mol. The number of carbonyl (C=O) groups excluding carboxylic acids is 2. The predicted octanol–water partition coefficient (Wildman–Crippen LogP) is 4.57. The van der Waals surface area contributed by atoms with E-state index in [0.717, 1.165) is 23.4 Å².